The van der Waals surface area contributed by atoms with Crippen LogP contribution < -0.4 is 0 Å². The molecule has 1 saturated heterocycles. The van der Waals surface area contributed by atoms with Crippen LogP contribution in [-0.2, 0) is 16.0 Å². The van der Waals surface area contributed by atoms with E-state index in [1.54, 1.807) is 13.2 Å². The number of ether oxygens (including phenoxy) is 1. The van der Waals surface area contributed by atoms with Crippen LogP contribution in [0.15, 0.2) is 24.3 Å². The number of rotatable bonds is 6. The van der Waals surface area contributed by atoms with Crippen LogP contribution in [-0.4, -0.2) is 37.6 Å². The molecular weight excluding hydrogens is 269 g/mol. The minimum Gasteiger partial charge on any atom is -0.384 e. The molecule has 1 unspecified atom stereocenters. The van der Waals surface area contributed by atoms with Crippen LogP contribution in [0.1, 0.15) is 31.2 Å². The number of likely N-dealkylation sites (tertiary alicyclic amines) is 1. The van der Waals surface area contributed by atoms with Crippen LogP contribution in [0.2, 0.25) is 0 Å². The fourth-order valence-corrected chi connectivity index (χ4v) is 2.94. The first kappa shape index (κ1) is 16.0. The lowest BCUT2D eigenvalue weighted by molar-refractivity contribution is -0.134. The molecule has 0 aliphatic carbocycles. The van der Waals surface area contributed by atoms with Gasteiger partial charge in [0.1, 0.15) is 5.82 Å². The molecule has 1 amide bonds. The van der Waals surface area contributed by atoms with E-state index >= 15 is 0 Å². The zero-order valence-corrected chi connectivity index (χ0v) is 12.7. The third kappa shape index (κ3) is 4.81. The van der Waals surface area contributed by atoms with Gasteiger partial charge in [-0.1, -0.05) is 18.2 Å². The molecule has 1 heterocycles. The second-order valence-electron chi connectivity index (χ2n) is 5.72. The fraction of sp³-hybridized carbons (Fsp3) is 0.588. The number of hydrogen-bond donors (Lipinski definition) is 0. The lowest BCUT2D eigenvalue weighted by atomic mass is 9.91. The van der Waals surface area contributed by atoms with Gasteiger partial charge in [0, 0.05) is 20.2 Å². The van der Waals surface area contributed by atoms with Crippen LogP contribution in [0.25, 0.3) is 0 Å². The van der Waals surface area contributed by atoms with Crippen LogP contribution >= 0.6 is 0 Å². The molecule has 2 rings (SSSR count). The Morgan fingerprint density at radius 2 is 2.24 bits per heavy atom. The molecule has 1 fully saturated rings. The highest BCUT2D eigenvalue weighted by Gasteiger charge is 2.23. The molecule has 0 bridgehead atoms. The van der Waals surface area contributed by atoms with Gasteiger partial charge in [-0.15, -0.1) is 0 Å². The molecule has 0 spiro atoms. The Labute approximate surface area is 126 Å². The number of aryl methyl sites for hydroxylation is 1. The van der Waals surface area contributed by atoms with Crippen molar-refractivity contribution in [3.8, 4) is 0 Å². The Morgan fingerprint density at radius 1 is 1.43 bits per heavy atom. The van der Waals surface area contributed by atoms with Gasteiger partial charge in [0.2, 0.25) is 5.91 Å². The number of hydrogen-bond acceptors (Lipinski definition) is 2. The molecule has 0 N–H and O–H groups in total. The minimum atomic E-state index is -0.124. The summed E-state index contributed by atoms with van der Waals surface area (Å²) in [5.41, 5.74) is 0.778. The molecule has 0 radical (unpaired) electrons. The lowest BCUT2D eigenvalue weighted by Crippen LogP contribution is -2.40. The number of nitrogens with zero attached hydrogens (tertiary/aromatic N) is 1. The topological polar surface area (TPSA) is 29.5 Å². The van der Waals surface area contributed by atoms with E-state index in [1.165, 1.54) is 6.07 Å². The summed E-state index contributed by atoms with van der Waals surface area (Å²) in [5.74, 6) is 0.527. The Bertz CT molecular complexity index is 464. The van der Waals surface area contributed by atoms with Crippen molar-refractivity contribution in [3.05, 3.63) is 35.6 Å². The summed E-state index contributed by atoms with van der Waals surface area (Å²) >= 11 is 0. The molecule has 0 aromatic heterocycles. The average Bonchev–Trinajstić information content (AvgIpc) is 2.52. The highest BCUT2D eigenvalue weighted by atomic mass is 19.1. The number of halogens is 1. The van der Waals surface area contributed by atoms with Gasteiger partial charge in [-0.3, -0.25) is 4.79 Å². The normalized spacial score (nSPS) is 18.8. The third-order valence-corrected chi connectivity index (χ3v) is 4.17. The van der Waals surface area contributed by atoms with Crippen molar-refractivity contribution in [2.24, 2.45) is 5.92 Å². The van der Waals surface area contributed by atoms with Gasteiger partial charge in [0.05, 0.1) is 13.0 Å². The van der Waals surface area contributed by atoms with Crippen LogP contribution in [0, 0.1) is 11.7 Å². The summed E-state index contributed by atoms with van der Waals surface area (Å²) in [5, 5.41) is 0. The second-order valence-corrected chi connectivity index (χ2v) is 5.72. The van der Waals surface area contributed by atoms with E-state index in [1.807, 2.05) is 17.0 Å². The summed E-state index contributed by atoms with van der Waals surface area (Å²) in [6.45, 7) is 2.13. The number of amides is 1. The van der Waals surface area contributed by atoms with E-state index in [9.17, 15) is 9.18 Å². The van der Waals surface area contributed by atoms with Gasteiger partial charge in [0.25, 0.3) is 0 Å². The summed E-state index contributed by atoms with van der Waals surface area (Å²) in [6, 6.07) is 6.95. The summed E-state index contributed by atoms with van der Waals surface area (Å²) in [7, 11) is 1.61. The Balaban J connectivity index is 1.81. The van der Waals surface area contributed by atoms with Crippen LogP contribution in [0.3, 0.4) is 0 Å². The van der Waals surface area contributed by atoms with E-state index in [-0.39, 0.29) is 11.7 Å². The molecule has 1 aromatic carbocycles. The summed E-state index contributed by atoms with van der Waals surface area (Å²) < 4.78 is 18.6. The maximum absolute atomic E-state index is 13.6. The molecule has 1 aliphatic heterocycles. The van der Waals surface area contributed by atoms with E-state index in [4.69, 9.17) is 4.74 Å². The molecule has 21 heavy (non-hydrogen) atoms. The summed E-state index contributed by atoms with van der Waals surface area (Å²) in [4.78, 5) is 14.0. The monoisotopic (exact) mass is 293 g/mol. The van der Waals surface area contributed by atoms with Crippen molar-refractivity contribution in [3.63, 3.8) is 0 Å². The fourth-order valence-electron chi connectivity index (χ4n) is 2.94. The molecular formula is C17H24FNO2. The van der Waals surface area contributed by atoms with Crippen molar-refractivity contribution in [2.75, 3.05) is 26.8 Å². The van der Waals surface area contributed by atoms with E-state index in [2.05, 4.69) is 0 Å². The molecule has 1 aromatic rings. The van der Waals surface area contributed by atoms with E-state index in [0.717, 1.165) is 44.3 Å². The average molecular weight is 293 g/mol. The van der Waals surface area contributed by atoms with Gasteiger partial charge in [0.15, 0.2) is 0 Å². The van der Waals surface area contributed by atoms with Gasteiger partial charge in [-0.25, -0.2) is 4.39 Å². The van der Waals surface area contributed by atoms with Crippen molar-refractivity contribution in [1.29, 1.82) is 0 Å². The highest BCUT2D eigenvalue weighted by Crippen LogP contribution is 2.22. The Hall–Kier alpha value is -1.42. The van der Waals surface area contributed by atoms with Crippen LogP contribution in [0.4, 0.5) is 4.39 Å². The van der Waals surface area contributed by atoms with E-state index < -0.39 is 0 Å². The quantitative estimate of drug-likeness (QED) is 0.807. The summed E-state index contributed by atoms with van der Waals surface area (Å²) in [6.07, 6.45) is 4.31. The third-order valence-electron chi connectivity index (χ3n) is 4.17. The van der Waals surface area contributed by atoms with Crippen molar-refractivity contribution in [1.82, 2.24) is 4.90 Å². The van der Waals surface area contributed by atoms with Gasteiger partial charge in [-0.2, -0.15) is 0 Å². The Kier molecular flexibility index (Phi) is 6.18. The van der Waals surface area contributed by atoms with Crippen molar-refractivity contribution in [2.45, 2.75) is 32.1 Å². The zero-order chi connectivity index (χ0) is 15.1. The number of benzene rings is 1. The largest absolute Gasteiger partial charge is 0.384 e. The van der Waals surface area contributed by atoms with Gasteiger partial charge >= 0.3 is 0 Å². The van der Waals surface area contributed by atoms with Gasteiger partial charge < -0.3 is 9.64 Å². The second kappa shape index (κ2) is 8.13. The Morgan fingerprint density at radius 3 is 3.00 bits per heavy atom. The SMILES string of the molecule is COCCC(=O)N1CCCC(CCc2ccccc2F)C1. The van der Waals surface area contributed by atoms with Crippen molar-refractivity contribution >= 4 is 5.91 Å². The maximum atomic E-state index is 13.6. The highest BCUT2D eigenvalue weighted by molar-refractivity contribution is 5.76. The first-order valence-electron chi connectivity index (χ1n) is 7.71. The first-order valence-corrected chi connectivity index (χ1v) is 7.71. The number of piperidine rings is 1. The number of carbonyl (C=O) groups is 1. The molecule has 1 atom stereocenters. The predicted molar refractivity (Wildman–Crippen MR) is 80.5 cm³/mol. The predicted octanol–water partition coefficient (Wildman–Crippen LogP) is 3.03. The molecule has 0 saturated carbocycles. The zero-order valence-electron chi connectivity index (χ0n) is 12.7. The number of carbonyl (C=O) groups excluding carboxylic acids is 1. The smallest absolute Gasteiger partial charge is 0.224 e. The maximum Gasteiger partial charge on any atom is 0.224 e. The van der Waals surface area contributed by atoms with Gasteiger partial charge in [-0.05, 0) is 43.2 Å². The minimum absolute atomic E-state index is 0.124. The lowest BCUT2D eigenvalue weighted by Gasteiger charge is -2.33. The van der Waals surface area contributed by atoms with Crippen LogP contribution in [0.5, 0.6) is 0 Å². The number of methoxy groups -OCH3 is 1. The van der Waals surface area contributed by atoms with Crippen molar-refractivity contribution < 1.29 is 13.9 Å². The molecule has 3 nitrogen and oxygen atoms in total. The molecule has 4 heteroatoms. The molecule has 1 aliphatic rings. The molecule has 116 valence electrons. The first-order chi connectivity index (χ1) is 10.2. The van der Waals surface area contributed by atoms with E-state index in [0.29, 0.717) is 18.9 Å². The standard InChI is InChI=1S/C17H24FNO2/c1-21-12-10-17(20)19-11-4-5-14(13-19)8-9-15-6-2-3-7-16(15)18/h2-3,6-7,14H,4-5,8-13H2,1H3.